The topological polar surface area (TPSA) is 697 Å². The second-order valence-electron chi connectivity index (χ2n) is 29.6. The van der Waals surface area contributed by atoms with Crippen molar-refractivity contribution in [3.63, 3.8) is 0 Å². The third-order valence-electron chi connectivity index (χ3n) is 19.3. The van der Waals surface area contributed by atoms with Gasteiger partial charge in [0.1, 0.15) is 21.2 Å². The second-order valence-corrected chi connectivity index (χ2v) is 41.3. The van der Waals surface area contributed by atoms with E-state index in [4.69, 9.17) is 53.5 Å². The van der Waals surface area contributed by atoms with Crippen molar-refractivity contribution < 1.29 is 129 Å². The predicted molar refractivity (Wildman–Crippen MR) is 508 cm³/mol. The van der Waals surface area contributed by atoms with E-state index in [0.717, 1.165) is 86.5 Å². The maximum atomic E-state index is 13.0. The summed E-state index contributed by atoms with van der Waals surface area (Å²) in [4.78, 5) is 48.3. The van der Waals surface area contributed by atoms with E-state index in [1.54, 1.807) is 72.8 Å². The van der Waals surface area contributed by atoms with E-state index in [9.17, 15) is 95.8 Å². The number of sulfonamides is 1. The number of nitrogens with zero attached hydrogens (tertiary/aromatic N) is 15. The number of phenols is 2. The molecule has 138 heavy (non-hydrogen) atoms. The number of hydrogen-bond acceptors (Lipinski definition) is 34. The van der Waals surface area contributed by atoms with E-state index in [1.807, 2.05) is 97.1 Å². The third-order valence-corrected chi connectivity index (χ3v) is 23.3. The van der Waals surface area contributed by atoms with Gasteiger partial charge in [-0.15, -0.1) is 20.5 Å². The fourth-order valence-corrected chi connectivity index (χ4v) is 17.0. The fraction of sp³-hybridized carbons (Fsp3) is 0.0471. The van der Waals surface area contributed by atoms with Crippen molar-refractivity contribution in [2.75, 3.05) is 45.7 Å². The molecule has 0 amide bonds. The Labute approximate surface area is 794 Å². The van der Waals surface area contributed by atoms with Crippen LogP contribution in [-0.4, -0.2) is 179 Å². The van der Waals surface area contributed by atoms with E-state index < -0.39 is 174 Å². The molecule has 13 aromatic carbocycles. The molecule has 19 rings (SSSR count). The standard InChI is InChI=1S/C50H37N11O16S5.C32H16N8.3CH4O3S.Zn/c1-78(64,65)61-31-14-8-13-30(23-31)51-48-54-49(52-38-24-32(79(66,67)68)19-28-21-40(81(72,73)74)44(46(62)42(28)38)59-57-36-17-6-11-26-9-2-4-15-34(26)36)56-50(55-48)53-39-25-33(80(69,70)71)20-29-22-41(82(75,76)77)45(47(63)43(29)39)60-58-37-18-7-12-27-10-3-5-16-35(27)37;1-2-10-18-17(9-1)25-33-26(18)38-28-21-13-5-6-14-22(21)30(35-28)40-32-24-16-8-7-15-23(24)31(36-32)39-29-20-12-4-3-11-19(20)27(34-29)37-25;3*1-5(2,3)4;/h2-25,61-63H,1H3,(H,66,67,68)(H,69,70,71)(H,72,73,74)(H,75,76,77)(H3,51,52,53,54,55,56);1-16H;3*1H3,(H,2,3,4);/q;-2;;;;+2. The minimum Gasteiger partial charge on any atom is -0.505 e. The van der Waals surface area contributed by atoms with E-state index in [-0.39, 0.29) is 42.2 Å². The van der Waals surface area contributed by atoms with Crippen molar-refractivity contribution in [3.8, 4) is 57.1 Å². The van der Waals surface area contributed by atoms with Gasteiger partial charge in [-0.25, -0.2) is 18.4 Å². The van der Waals surface area contributed by atoms with E-state index in [1.165, 1.54) is 36.4 Å². The molecule has 0 aliphatic carbocycles. The molecule has 0 saturated carbocycles. The Morgan fingerprint density at radius 3 is 0.899 bits per heavy atom. The second kappa shape index (κ2) is 38.8. The summed E-state index contributed by atoms with van der Waals surface area (Å²) in [6.45, 7) is 0. The number of rotatable bonds is 16. The van der Waals surface area contributed by atoms with Crippen molar-refractivity contribution in [2.45, 2.75) is 19.6 Å². The van der Waals surface area contributed by atoms with E-state index in [0.29, 0.717) is 86.2 Å². The molecule has 53 heteroatoms. The maximum Gasteiger partial charge on any atom is 2.00 e. The van der Waals surface area contributed by atoms with Crippen molar-refractivity contribution in [2.24, 2.45) is 20.5 Å². The Morgan fingerprint density at radius 2 is 0.580 bits per heavy atom. The molecular weight excluding hydrogens is 2010 g/mol. The summed E-state index contributed by atoms with van der Waals surface area (Å²) in [5, 5.41) is 52.9. The molecule has 4 aromatic heterocycles. The zero-order valence-corrected chi connectivity index (χ0v) is 80.3. The Morgan fingerprint density at radius 1 is 0.290 bits per heavy atom. The molecule has 13 N–H and O–H groups in total. The average molecular weight is 2070 g/mol. The number of nitrogens with one attached hydrogen (secondary N) is 4. The molecule has 2 aliphatic rings. The van der Waals surface area contributed by atoms with Crippen LogP contribution in [0.15, 0.2) is 283 Å². The van der Waals surface area contributed by atoms with Gasteiger partial charge in [-0.05, 0) is 110 Å². The number of aromatic hydroxyl groups is 2. The molecular formula is C85H65N19O25S8Zn. The largest absolute Gasteiger partial charge is 2.00 e. The normalized spacial score (nSPS) is 12.3. The van der Waals surface area contributed by atoms with Crippen LogP contribution in [0.25, 0.3) is 133 Å². The molecule has 6 heterocycles. The number of hydrogen-bond donors (Lipinski definition) is 13. The zero-order chi connectivity index (χ0) is 98.4. The summed E-state index contributed by atoms with van der Waals surface area (Å²) in [6, 6.07) is 65.5. The molecule has 0 spiro atoms. The van der Waals surface area contributed by atoms with Crippen LogP contribution in [0.3, 0.4) is 0 Å². The molecule has 0 unspecified atom stereocenters. The molecule has 0 radical (unpaired) electrons. The summed E-state index contributed by atoms with van der Waals surface area (Å²) in [6.07, 6.45) is 3.04. The molecule has 0 saturated heterocycles. The number of phenolic OH excluding ortho intramolecular Hbond substituents is 2. The number of aromatic nitrogens is 11. The minimum absolute atomic E-state index is 0. The quantitative estimate of drug-likeness (QED) is 0.0243. The summed E-state index contributed by atoms with van der Waals surface area (Å²) >= 11 is 0. The van der Waals surface area contributed by atoms with Gasteiger partial charge in [0.2, 0.25) is 27.9 Å². The van der Waals surface area contributed by atoms with Crippen molar-refractivity contribution in [1.82, 2.24) is 54.8 Å². The van der Waals surface area contributed by atoms with Gasteiger partial charge in [0.05, 0.1) is 86.5 Å². The van der Waals surface area contributed by atoms with Crippen LogP contribution in [0.1, 0.15) is 0 Å². The minimum atomic E-state index is -5.32. The van der Waals surface area contributed by atoms with Gasteiger partial charge in [0, 0.05) is 72.1 Å². The molecule has 2 aliphatic heterocycles. The van der Waals surface area contributed by atoms with Gasteiger partial charge in [-0.1, -0.05) is 176 Å². The van der Waals surface area contributed by atoms with Gasteiger partial charge in [-0.2, -0.15) is 73.9 Å². The van der Waals surface area contributed by atoms with Gasteiger partial charge >= 0.3 is 19.5 Å². The van der Waals surface area contributed by atoms with Crippen molar-refractivity contribution in [3.05, 3.63) is 243 Å². The first kappa shape index (κ1) is 99.2. The molecule has 0 atom stereocenters. The number of fused-ring (bicyclic) bond motifs is 24. The first-order valence-corrected chi connectivity index (χ1v) is 51.9. The van der Waals surface area contributed by atoms with E-state index >= 15 is 0 Å². The Kier molecular flexibility index (Phi) is 27.9. The number of anilines is 7. The molecule has 44 nitrogen and oxygen atoms in total. The van der Waals surface area contributed by atoms with Crippen LogP contribution in [0.4, 0.5) is 63.3 Å². The van der Waals surface area contributed by atoms with Gasteiger partial charge < -0.3 is 56.1 Å². The molecule has 700 valence electrons. The predicted octanol–water partition coefficient (Wildman–Crippen LogP) is 15.0. The van der Waals surface area contributed by atoms with Crippen LogP contribution in [0.5, 0.6) is 11.5 Å². The summed E-state index contributed by atoms with van der Waals surface area (Å²) in [5.41, 5.74) is 3.52. The van der Waals surface area contributed by atoms with Gasteiger partial charge in [0.25, 0.3) is 70.8 Å². The monoisotopic (exact) mass is 2070 g/mol. The summed E-state index contributed by atoms with van der Waals surface area (Å²) < 4.78 is 249. The fourth-order valence-electron chi connectivity index (χ4n) is 14.0. The first-order valence-electron chi connectivity index (χ1n) is 38.7. The Hall–Kier alpha value is -14.8. The van der Waals surface area contributed by atoms with Crippen LogP contribution >= 0.6 is 0 Å². The summed E-state index contributed by atoms with van der Waals surface area (Å²) in [5.74, 6) is -1.64. The number of benzene rings is 13. The van der Waals surface area contributed by atoms with Gasteiger partial charge in [-0.3, -0.25) is 36.6 Å². The zero-order valence-electron chi connectivity index (χ0n) is 70.8. The smallest absolute Gasteiger partial charge is 0.505 e. The average Bonchev–Trinajstić information content (AvgIpc) is 0.893. The summed E-state index contributed by atoms with van der Waals surface area (Å²) in [7, 11) is -35.9. The number of azo groups is 2. The first-order chi connectivity index (χ1) is 64.4. The molecule has 17 aromatic rings. The molecule has 0 fully saturated rings. The van der Waals surface area contributed by atoms with Crippen LogP contribution < -0.4 is 30.6 Å². The van der Waals surface area contributed by atoms with Crippen LogP contribution in [-0.2, 0) is 100 Å². The Bertz CT molecular complexity index is 8480. The van der Waals surface area contributed by atoms with Crippen molar-refractivity contribution >= 4 is 231 Å². The third kappa shape index (κ3) is 23.6. The van der Waals surface area contributed by atoms with Crippen LogP contribution in [0.2, 0.25) is 0 Å². The van der Waals surface area contributed by atoms with Crippen molar-refractivity contribution in [1.29, 1.82) is 0 Å². The maximum absolute atomic E-state index is 13.0. The van der Waals surface area contributed by atoms with E-state index in [2.05, 4.69) is 56.1 Å². The molecule has 8 bridgehead atoms. The van der Waals surface area contributed by atoms with Gasteiger partial charge in [0.15, 0.2) is 11.5 Å². The SMILES string of the molecule is CS(=O)(=O)Nc1cccc(Nc2nc(Nc3cc(S(=O)(=O)O)cc4cc(S(=O)(=O)O)c(N=Nc5cccc6ccccc56)c(O)c34)nc(Nc3cc(S(=O)(=O)O)cc4cc(S(=O)(=O)O)c(N=Nc5cccc6ccccc56)c(O)c34)n2)c1.CS(=O)(=O)O.CS(=O)(=O)O.CS(=O)(=O)O.[Zn+2].c1ccc2c(c1)-c1nc-2nc2[n-]c(nc3nc(nc4[n-]c(n1)c1ccccc41)-c1ccccc1-3)c1ccccc21. The van der Waals surface area contributed by atoms with Crippen LogP contribution in [0, 0.1) is 0 Å². The Balaban J connectivity index is 0.000000222.